The summed E-state index contributed by atoms with van der Waals surface area (Å²) < 4.78 is 24.2. The summed E-state index contributed by atoms with van der Waals surface area (Å²) in [5, 5.41) is 3.06. The van der Waals surface area contributed by atoms with Crippen molar-refractivity contribution < 1.29 is 13.2 Å². The lowest BCUT2D eigenvalue weighted by Crippen LogP contribution is -2.25. The normalized spacial score (nSPS) is 11.4. The van der Waals surface area contributed by atoms with Crippen LogP contribution in [-0.2, 0) is 9.84 Å². The van der Waals surface area contributed by atoms with E-state index in [-0.39, 0.29) is 21.4 Å². The number of nitrogens with two attached hydrogens (primary N) is 1. The van der Waals surface area contributed by atoms with Crippen molar-refractivity contribution >= 4 is 37.8 Å². The van der Waals surface area contributed by atoms with Gasteiger partial charge in [-0.05, 0) is 12.8 Å². The van der Waals surface area contributed by atoms with Crippen LogP contribution in [0.1, 0.15) is 36.4 Å². The zero-order valence-corrected chi connectivity index (χ0v) is 14.5. The number of amides is 1. The third-order valence-electron chi connectivity index (χ3n) is 2.96. The molecule has 8 heteroatoms. The summed E-state index contributed by atoms with van der Waals surface area (Å²) in [6, 6.07) is 0. The van der Waals surface area contributed by atoms with Crippen LogP contribution in [0.5, 0.6) is 0 Å². The summed E-state index contributed by atoms with van der Waals surface area (Å²) in [6.07, 6.45) is 2.89. The van der Waals surface area contributed by atoms with Gasteiger partial charge in [-0.2, -0.15) is 0 Å². The minimum Gasteiger partial charge on any atom is -0.396 e. The number of carbonyl (C=O) groups is 1. The largest absolute Gasteiger partial charge is 0.396 e. The topological polar surface area (TPSA) is 92.5 Å². The summed E-state index contributed by atoms with van der Waals surface area (Å²) in [7, 11) is -2.01. The fourth-order valence-electron chi connectivity index (χ4n) is 2.12. The van der Waals surface area contributed by atoms with Crippen molar-refractivity contribution in [3.63, 3.8) is 0 Å². The van der Waals surface area contributed by atoms with E-state index >= 15 is 0 Å². The molecular formula is C13H23N3O3S2. The van der Waals surface area contributed by atoms with E-state index in [2.05, 4.69) is 5.32 Å². The first-order chi connectivity index (χ1) is 9.77. The molecule has 120 valence electrons. The van der Waals surface area contributed by atoms with Crippen LogP contribution < -0.4 is 16.0 Å². The average molecular weight is 333 g/mol. The Bertz CT molecular complexity index is 602. The third kappa shape index (κ3) is 3.88. The Morgan fingerprint density at radius 1 is 1.29 bits per heavy atom. The quantitative estimate of drug-likeness (QED) is 0.792. The first kappa shape index (κ1) is 17.8. The summed E-state index contributed by atoms with van der Waals surface area (Å²) in [5.41, 5.74) is 5.99. The molecule has 0 radical (unpaired) electrons. The molecule has 0 unspecified atom stereocenters. The predicted molar refractivity (Wildman–Crippen MR) is 88.0 cm³/mol. The van der Waals surface area contributed by atoms with E-state index in [4.69, 9.17) is 5.73 Å². The molecule has 0 atom stereocenters. The zero-order valence-electron chi connectivity index (χ0n) is 12.9. The molecule has 1 amide bonds. The first-order valence-electron chi connectivity index (χ1n) is 6.87. The molecule has 0 bridgehead atoms. The van der Waals surface area contributed by atoms with Crippen LogP contribution in [0.25, 0.3) is 0 Å². The molecule has 1 heterocycles. The Balaban J connectivity index is 3.51. The number of nitrogen functional groups attached to an aromatic ring is 1. The fourth-order valence-corrected chi connectivity index (χ4v) is 4.83. The van der Waals surface area contributed by atoms with Crippen LogP contribution in [0.3, 0.4) is 0 Å². The molecule has 3 N–H and O–H groups in total. The Hall–Kier alpha value is -1.28. The lowest BCUT2D eigenvalue weighted by molar-refractivity contribution is 0.0968. The van der Waals surface area contributed by atoms with Crippen molar-refractivity contribution in [2.75, 3.05) is 37.0 Å². The molecule has 0 aliphatic heterocycles. The number of hydrogen-bond donors (Lipinski definition) is 2. The van der Waals surface area contributed by atoms with Crippen molar-refractivity contribution in [3.8, 4) is 0 Å². The summed E-state index contributed by atoms with van der Waals surface area (Å²) >= 11 is 1.14. The zero-order chi connectivity index (χ0) is 16.2. The molecule has 0 spiro atoms. The van der Waals surface area contributed by atoms with Gasteiger partial charge in [0, 0.05) is 26.4 Å². The number of sulfone groups is 1. The van der Waals surface area contributed by atoms with Crippen molar-refractivity contribution in [3.05, 3.63) is 4.88 Å². The molecule has 0 fully saturated rings. The van der Waals surface area contributed by atoms with Gasteiger partial charge < -0.3 is 16.0 Å². The van der Waals surface area contributed by atoms with E-state index in [1.807, 2.05) is 18.7 Å². The molecule has 0 aliphatic rings. The minimum atomic E-state index is -3.50. The smallest absolute Gasteiger partial charge is 0.263 e. The van der Waals surface area contributed by atoms with Crippen molar-refractivity contribution in [2.45, 2.75) is 31.6 Å². The van der Waals surface area contributed by atoms with Gasteiger partial charge in [-0.1, -0.05) is 13.8 Å². The fraction of sp³-hybridized carbons (Fsp3) is 0.615. The van der Waals surface area contributed by atoms with Gasteiger partial charge in [0.05, 0.1) is 5.69 Å². The minimum absolute atomic E-state index is 0.0501. The van der Waals surface area contributed by atoms with E-state index in [1.54, 1.807) is 0 Å². The molecule has 0 saturated carbocycles. The second-order valence-corrected chi connectivity index (χ2v) is 7.77. The lowest BCUT2D eigenvalue weighted by atomic mass is 10.3. The lowest BCUT2D eigenvalue weighted by Gasteiger charge is -2.23. The van der Waals surface area contributed by atoms with Gasteiger partial charge >= 0.3 is 0 Å². The highest BCUT2D eigenvalue weighted by Gasteiger charge is 2.29. The van der Waals surface area contributed by atoms with E-state index in [0.29, 0.717) is 5.00 Å². The molecule has 0 aromatic carbocycles. The Kier molecular flexibility index (Phi) is 6.03. The van der Waals surface area contributed by atoms with Crippen molar-refractivity contribution in [1.82, 2.24) is 5.32 Å². The average Bonchev–Trinajstić information content (AvgIpc) is 2.75. The highest BCUT2D eigenvalue weighted by molar-refractivity contribution is 7.91. The molecule has 0 aliphatic carbocycles. The van der Waals surface area contributed by atoms with Gasteiger partial charge in [0.25, 0.3) is 5.91 Å². The van der Waals surface area contributed by atoms with Crippen LogP contribution in [0.2, 0.25) is 0 Å². The van der Waals surface area contributed by atoms with Gasteiger partial charge in [-0.25, -0.2) is 8.42 Å². The van der Waals surface area contributed by atoms with Gasteiger partial charge in [0.15, 0.2) is 9.84 Å². The molecule has 1 aromatic rings. The van der Waals surface area contributed by atoms with Gasteiger partial charge in [-0.3, -0.25) is 4.79 Å². The van der Waals surface area contributed by atoms with Crippen molar-refractivity contribution in [2.24, 2.45) is 0 Å². The van der Waals surface area contributed by atoms with Crippen LogP contribution in [0, 0.1) is 0 Å². The van der Waals surface area contributed by atoms with E-state index in [0.717, 1.165) is 43.5 Å². The second kappa shape index (κ2) is 7.13. The number of nitrogens with one attached hydrogen (secondary N) is 1. The standard InChI is InChI=1S/C13H23N3O3S2/c1-5-7-16(8-6-2)13-11(21(4,18)19)9(14)10(20-13)12(17)15-3/h5-8,14H2,1-4H3,(H,15,17). The highest BCUT2D eigenvalue weighted by Crippen LogP contribution is 2.41. The molecule has 1 rings (SSSR count). The maximum absolute atomic E-state index is 12.1. The van der Waals surface area contributed by atoms with Crippen LogP contribution in [0.4, 0.5) is 10.7 Å². The Morgan fingerprint density at radius 3 is 2.19 bits per heavy atom. The van der Waals surface area contributed by atoms with Crippen LogP contribution in [-0.4, -0.2) is 40.7 Å². The number of rotatable bonds is 7. The molecule has 0 saturated heterocycles. The maximum atomic E-state index is 12.1. The predicted octanol–water partition coefficient (Wildman–Crippen LogP) is 1.72. The van der Waals surface area contributed by atoms with E-state index in [9.17, 15) is 13.2 Å². The summed E-state index contributed by atoms with van der Waals surface area (Å²) in [6.45, 7) is 5.51. The van der Waals surface area contributed by atoms with Gasteiger partial charge in [0.1, 0.15) is 14.8 Å². The second-order valence-electron chi connectivity index (χ2n) is 4.82. The van der Waals surface area contributed by atoms with Gasteiger partial charge in [0.2, 0.25) is 0 Å². The molecule has 6 nitrogen and oxygen atoms in total. The van der Waals surface area contributed by atoms with E-state index in [1.165, 1.54) is 7.05 Å². The molecule has 1 aromatic heterocycles. The first-order valence-corrected chi connectivity index (χ1v) is 9.57. The third-order valence-corrected chi connectivity index (χ3v) is 5.51. The SMILES string of the molecule is CCCN(CCC)c1sc(C(=O)NC)c(N)c1S(C)(=O)=O. The maximum Gasteiger partial charge on any atom is 0.263 e. The summed E-state index contributed by atoms with van der Waals surface area (Å²) in [5.74, 6) is -0.360. The number of nitrogens with zero attached hydrogens (tertiary/aromatic N) is 1. The Morgan fingerprint density at radius 2 is 1.81 bits per heavy atom. The number of hydrogen-bond acceptors (Lipinski definition) is 6. The Labute approximate surface area is 130 Å². The van der Waals surface area contributed by atoms with Crippen molar-refractivity contribution in [1.29, 1.82) is 0 Å². The number of anilines is 2. The van der Waals surface area contributed by atoms with Gasteiger partial charge in [-0.15, -0.1) is 11.3 Å². The van der Waals surface area contributed by atoms with Crippen LogP contribution >= 0.6 is 11.3 Å². The number of carbonyl (C=O) groups excluding carboxylic acids is 1. The highest BCUT2D eigenvalue weighted by atomic mass is 32.2. The molecule has 21 heavy (non-hydrogen) atoms. The summed E-state index contributed by atoms with van der Waals surface area (Å²) in [4.78, 5) is 14.2. The monoisotopic (exact) mass is 333 g/mol. The van der Waals surface area contributed by atoms with Crippen LogP contribution in [0.15, 0.2) is 4.90 Å². The molecular weight excluding hydrogens is 310 g/mol. The van der Waals surface area contributed by atoms with E-state index < -0.39 is 9.84 Å². The number of thiophene rings is 1.